The van der Waals surface area contributed by atoms with Gasteiger partial charge in [0.15, 0.2) is 0 Å². The molecule has 8 heteroatoms. The Morgan fingerprint density at radius 3 is 2.54 bits per heavy atom. The van der Waals surface area contributed by atoms with Gasteiger partial charge in [0.1, 0.15) is 0 Å². The molecule has 1 aliphatic carbocycles. The maximum absolute atomic E-state index is 12.4. The van der Waals surface area contributed by atoms with Gasteiger partial charge in [0.25, 0.3) is 0 Å². The molecule has 2 heterocycles. The number of halogens is 4. The van der Waals surface area contributed by atoms with E-state index in [1.165, 1.54) is 19.3 Å². The van der Waals surface area contributed by atoms with Crippen LogP contribution in [0.25, 0.3) is 0 Å². The van der Waals surface area contributed by atoms with Gasteiger partial charge in [-0.1, -0.05) is 6.42 Å². The summed E-state index contributed by atoms with van der Waals surface area (Å²) in [5.41, 5.74) is 0. The van der Waals surface area contributed by atoms with Crippen LogP contribution in [0.15, 0.2) is 0 Å². The Labute approximate surface area is 161 Å². The number of alkyl halides is 3. The number of morpholine rings is 1. The van der Waals surface area contributed by atoms with Crippen molar-refractivity contribution in [2.45, 2.75) is 56.8 Å². The highest BCUT2D eigenvalue weighted by molar-refractivity contribution is 5.85. The zero-order valence-corrected chi connectivity index (χ0v) is 16.2. The molecule has 154 valence electrons. The second-order valence-corrected chi connectivity index (χ2v) is 7.91. The van der Waals surface area contributed by atoms with Crippen molar-refractivity contribution >= 4 is 12.4 Å². The summed E-state index contributed by atoms with van der Waals surface area (Å²) in [5.74, 6) is 1.21. The molecule has 3 aliphatic rings. The fourth-order valence-electron chi connectivity index (χ4n) is 4.74. The van der Waals surface area contributed by atoms with Crippen LogP contribution < -0.4 is 10.6 Å². The van der Waals surface area contributed by atoms with E-state index in [4.69, 9.17) is 4.74 Å². The van der Waals surface area contributed by atoms with Crippen molar-refractivity contribution in [1.82, 2.24) is 15.5 Å². The van der Waals surface area contributed by atoms with E-state index in [1.54, 1.807) is 4.90 Å². The van der Waals surface area contributed by atoms with Gasteiger partial charge in [-0.15, -0.1) is 12.4 Å². The Bertz CT molecular complexity index is 400. The smallest absolute Gasteiger partial charge is 0.379 e. The summed E-state index contributed by atoms with van der Waals surface area (Å²) in [6.07, 6.45) is 2.56. The minimum absolute atomic E-state index is 0. The highest BCUT2D eigenvalue weighted by Crippen LogP contribution is 2.30. The molecule has 0 radical (unpaired) electrons. The van der Waals surface area contributed by atoms with Gasteiger partial charge in [0.2, 0.25) is 0 Å². The quantitative estimate of drug-likeness (QED) is 0.720. The largest absolute Gasteiger partial charge is 0.401 e. The number of nitrogens with zero attached hydrogens (tertiary/aromatic N) is 1. The monoisotopic (exact) mass is 399 g/mol. The molecule has 2 aliphatic heterocycles. The van der Waals surface area contributed by atoms with Gasteiger partial charge in [0, 0.05) is 18.6 Å². The lowest BCUT2D eigenvalue weighted by Gasteiger charge is -2.34. The van der Waals surface area contributed by atoms with Crippen molar-refractivity contribution in [2.24, 2.45) is 11.8 Å². The standard InChI is InChI=1S/C18H32F3N3O.ClH/c19-18(20,21)13-24-9-5-14(6-10-24)4-7-22-16-3-1-2-15(16)17-12-25-11-8-23-17;/h14-17,22-23H,1-13H2;1H. The molecule has 0 spiro atoms. The van der Waals surface area contributed by atoms with Crippen molar-refractivity contribution in [1.29, 1.82) is 0 Å². The van der Waals surface area contributed by atoms with E-state index in [0.29, 0.717) is 37.0 Å². The summed E-state index contributed by atoms with van der Waals surface area (Å²) >= 11 is 0. The number of hydrogen-bond donors (Lipinski definition) is 2. The lowest BCUT2D eigenvalue weighted by atomic mass is 9.92. The molecule has 2 N–H and O–H groups in total. The van der Waals surface area contributed by atoms with Crippen LogP contribution in [-0.4, -0.2) is 69.1 Å². The molecule has 26 heavy (non-hydrogen) atoms. The number of nitrogens with one attached hydrogen (secondary N) is 2. The average molecular weight is 400 g/mol. The normalized spacial score (nSPS) is 31.7. The first-order valence-electron chi connectivity index (χ1n) is 9.85. The minimum Gasteiger partial charge on any atom is -0.379 e. The Morgan fingerprint density at radius 1 is 1.12 bits per heavy atom. The number of likely N-dealkylation sites (tertiary alicyclic amines) is 1. The van der Waals surface area contributed by atoms with Crippen LogP contribution >= 0.6 is 12.4 Å². The predicted octanol–water partition coefficient (Wildman–Crippen LogP) is 2.82. The fraction of sp³-hybridized carbons (Fsp3) is 1.00. The van der Waals surface area contributed by atoms with Crippen LogP contribution in [0, 0.1) is 11.8 Å². The Kier molecular flexibility index (Phi) is 8.94. The van der Waals surface area contributed by atoms with Crippen molar-refractivity contribution in [3.63, 3.8) is 0 Å². The molecule has 2 saturated heterocycles. The number of piperidine rings is 1. The van der Waals surface area contributed by atoms with E-state index in [-0.39, 0.29) is 12.4 Å². The molecule has 0 amide bonds. The van der Waals surface area contributed by atoms with Crippen molar-refractivity contribution in [3.05, 3.63) is 0 Å². The third-order valence-electron chi connectivity index (χ3n) is 6.11. The van der Waals surface area contributed by atoms with E-state index in [9.17, 15) is 13.2 Å². The van der Waals surface area contributed by atoms with Crippen molar-refractivity contribution < 1.29 is 17.9 Å². The molecule has 1 saturated carbocycles. The predicted molar refractivity (Wildman–Crippen MR) is 98.8 cm³/mol. The van der Waals surface area contributed by atoms with Crippen LogP contribution in [0.4, 0.5) is 13.2 Å². The van der Waals surface area contributed by atoms with E-state index >= 15 is 0 Å². The van der Waals surface area contributed by atoms with E-state index in [1.807, 2.05) is 0 Å². The molecular formula is C18H33ClF3N3O. The number of ether oxygens (including phenoxy) is 1. The van der Waals surface area contributed by atoms with Crippen molar-refractivity contribution in [3.8, 4) is 0 Å². The van der Waals surface area contributed by atoms with Crippen LogP contribution in [-0.2, 0) is 4.74 Å². The number of rotatable bonds is 6. The summed E-state index contributed by atoms with van der Waals surface area (Å²) in [5, 5.41) is 7.33. The van der Waals surface area contributed by atoms with Gasteiger partial charge >= 0.3 is 6.18 Å². The van der Waals surface area contributed by atoms with Crippen LogP contribution in [0.2, 0.25) is 0 Å². The molecule has 0 aromatic rings. The molecule has 3 fully saturated rings. The highest BCUT2D eigenvalue weighted by atomic mass is 35.5. The van der Waals surface area contributed by atoms with Crippen LogP contribution in [0.5, 0.6) is 0 Å². The topological polar surface area (TPSA) is 36.5 Å². The first-order valence-corrected chi connectivity index (χ1v) is 9.85. The third-order valence-corrected chi connectivity index (χ3v) is 6.11. The minimum atomic E-state index is -4.07. The molecule has 0 bridgehead atoms. The zero-order valence-electron chi connectivity index (χ0n) is 15.4. The molecule has 3 atom stereocenters. The van der Waals surface area contributed by atoms with Gasteiger partial charge in [-0.2, -0.15) is 13.2 Å². The zero-order chi connectivity index (χ0) is 17.7. The summed E-state index contributed by atoms with van der Waals surface area (Å²) in [7, 11) is 0. The van der Waals surface area contributed by atoms with Gasteiger partial charge in [-0.05, 0) is 63.6 Å². The SMILES string of the molecule is Cl.FC(F)(F)CN1CCC(CCNC2CCCC2C2COCCN2)CC1. The van der Waals surface area contributed by atoms with E-state index < -0.39 is 12.7 Å². The molecule has 3 unspecified atom stereocenters. The molecule has 0 aromatic heterocycles. The van der Waals surface area contributed by atoms with Gasteiger partial charge in [-0.25, -0.2) is 0 Å². The molecule has 3 rings (SSSR count). The lowest BCUT2D eigenvalue weighted by Crippen LogP contribution is -2.51. The number of hydrogen-bond acceptors (Lipinski definition) is 4. The second kappa shape index (κ2) is 10.5. The molecule has 4 nitrogen and oxygen atoms in total. The summed E-state index contributed by atoms with van der Waals surface area (Å²) in [6.45, 7) is 3.98. The summed E-state index contributed by atoms with van der Waals surface area (Å²) < 4.78 is 42.9. The lowest BCUT2D eigenvalue weighted by molar-refractivity contribution is -0.148. The first-order chi connectivity index (χ1) is 12.0. The van der Waals surface area contributed by atoms with Gasteiger partial charge in [0.05, 0.1) is 19.8 Å². The average Bonchev–Trinajstić information content (AvgIpc) is 3.04. The van der Waals surface area contributed by atoms with E-state index in [2.05, 4.69) is 10.6 Å². The second-order valence-electron chi connectivity index (χ2n) is 7.91. The molecule has 0 aromatic carbocycles. The summed E-state index contributed by atoms with van der Waals surface area (Å²) in [6, 6.07) is 1.03. The Balaban J connectivity index is 0.00000243. The van der Waals surface area contributed by atoms with Crippen LogP contribution in [0.1, 0.15) is 38.5 Å². The Hall–Kier alpha value is -0.0800. The first kappa shape index (κ1) is 22.2. The van der Waals surface area contributed by atoms with Crippen molar-refractivity contribution in [2.75, 3.05) is 45.9 Å². The Morgan fingerprint density at radius 2 is 1.88 bits per heavy atom. The summed E-state index contributed by atoms with van der Waals surface area (Å²) in [4.78, 5) is 1.55. The maximum atomic E-state index is 12.4. The van der Waals surface area contributed by atoms with Gasteiger partial charge in [-0.3, -0.25) is 4.90 Å². The fourth-order valence-corrected chi connectivity index (χ4v) is 4.74. The molecular weight excluding hydrogens is 367 g/mol. The highest BCUT2D eigenvalue weighted by Gasteiger charge is 2.35. The van der Waals surface area contributed by atoms with Gasteiger partial charge < -0.3 is 15.4 Å². The maximum Gasteiger partial charge on any atom is 0.401 e. The van der Waals surface area contributed by atoms with E-state index in [0.717, 1.165) is 45.6 Å². The van der Waals surface area contributed by atoms with Crippen LogP contribution in [0.3, 0.4) is 0 Å². The third kappa shape index (κ3) is 6.82.